The molecule has 0 spiro atoms. The molecule has 0 amide bonds. The fourth-order valence-electron chi connectivity index (χ4n) is 6.84. The topological polar surface area (TPSA) is 17.1 Å². The summed E-state index contributed by atoms with van der Waals surface area (Å²) in [6.45, 7) is 23.7. The highest BCUT2D eigenvalue weighted by Crippen LogP contribution is 2.77. The fraction of sp³-hybridized carbons (Fsp3) is 0.633. The van der Waals surface area contributed by atoms with E-state index in [1.807, 2.05) is 0 Å². The Morgan fingerprint density at radius 1 is 0.875 bits per heavy atom. The van der Waals surface area contributed by atoms with Gasteiger partial charge in [0.25, 0.3) is 0 Å². The van der Waals surface area contributed by atoms with E-state index in [-0.39, 0.29) is 15.5 Å². The molecule has 2 heteroatoms. The predicted octanol–water partition coefficient (Wildman–Crippen LogP) is 8.84. The van der Waals surface area contributed by atoms with E-state index in [2.05, 4.69) is 112 Å². The minimum atomic E-state index is -0.521. The molecule has 3 rings (SSSR count). The molecule has 1 saturated heterocycles. The van der Waals surface area contributed by atoms with Gasteiger partial charge in [0, 0.05) is 23.9 Å². The highest BCUT2D eigenvalue weighted by molar-refractivity contribution is 7.63. The Hall–Kier alpha value is -1.20. The Morgan fingerprint density at radius 3 is 1.94 bits per heavy atom. The van der Waals surface area contributed by atoms with Gasteiger partial charge in [-0.3, -0.25) is 4.79 Å². The molecule has 32 heavy (non-hydrogen) atoms. The van der Waals surface area contributed by atoms with Crippen molar-refractivity contribution in [2.45, 2.75) is 109 Å². The first kappa shape index (κ1) is 25.4. The lowest BCUT2D eigenvalue weighted by molar-refractivity contribution is -0.120. The Bertz CT molecular complexity index is 895. The molecule has 1 nitrogen and oxygen atoms in total. The Morgan fingerprint density at radius 2 is 1.44 bits per heavy atom. The van der Waals surface area contributed by atoms with Crippen LogP contribution >= 0.6 is 7.92 Å². The van der Waals surface area contributed by atoms with Gasteiger partial charge in [-0.25, -0.2) is 0 Å². The van der Waals surface area contributed by atoms with E-state index in [1.54, 1.807) is 0 Å². The first-order valence-electron chi connectivity index (χ1n) is 12.6. The highest BCUT2D eigenvalue weighted by Gasteiger charge is 2.59. The van der Waals surface area contributed by atoms with Crippen molar-refractivity contribution in [2.24, 2.45) is 11.8 Å². The first-order chi connectivity index (χ1) is 14.7. The molecule has 1 aromatic rings. The summed E-state index contributed by atoms with van der Waals surface area (Å²) in [5.41, 5.74) is 4.41. The van der Waals surface area contributed by atoms with Crippen LogP contribution in [-0.4, -0.2) is 21.3 Å². The van der Waals surface area contributed by atoms with E-state index < -0.39 is 7.92 Å². The van der Waals surface area contributed by atoms with Gasteiger partial charge in [-0.1, -0.05) is 120 Å². The number of rotatable bonds is 5. The van der Waals surface area contributed by atoms with E-state index in [9.17, 15) is 4.79 Å². The zero-order valence-electron chi connectivity index (χ0n) is 22.1. The number of ketones is 1. The maximum atomic E-state index is 12.8. The van der Waals surface area contributed by atoms with E-state index in [0.29, 0.717) is 42.3 Å². The van der Waals surface area contributed by atoms with Crippen molar-refractivity contribution in [1.82, 2.24) is 0 Å². The summed E-state index contributed by atoms with van der Waals surface area (Å²) in [4.78, 5) is 12.8. The van der Waals surface area contributed by atoms with Crippen molar-refractivity contribution in [3.05, 3.63) is 59.2 Å². The molecule has 176 valence electrons. The van der Waals surface area contributed by atoms with Gasteiger partial charge >= 0.3 is 0 Å². The maximum absolute atomic E-state index is 12.8. The number of Topliss-reactive ketones (excluding diaryl/α,β-unsaturated/α-hetero) is 1. The van der Waals surface area contributed by atoms with Crippen LogP contribution in [0.4, 0.5) is 0 Å². The summed E-state index contributed by atoms with van der Waals surface area (Å²) in [5, 5.41) is 0.0306. The molecule has 1 aliphatic carbocycles. The summed E-state index contributed by atoms with van der Waals surface area (Å²) in [7, 11) is -0.521. The molecule has 1 aromatic carbocycles. The van der Waals surface area contributed by atoms with Crippen molar-refractivity contribution in [2.75, 3.05) is 0 Å². The molecular formula is C30H45OP. The van der Waals surface area contributed by atoms with Gasteiger partial charge in [-0.2, -0.15) is 0 Å². The number of benzene rings is 1. The molecule has 2 aliphatic rings. The van der Waals surface area contributed by atoms with Gasteiger partial charge in [0.1, 0.15) is 5.78 Å². The smallest absolute Gasteiger partial charge is 0.134 e. The Labute approximate surface area is 198 Å². The SMILES string of the molecule is CC(C)C1=CC(C(C)C)(P2C(C)(C)CC(=O)CC2(C)C)C(c2ccccc2C(C)C)C=C1. The van der Waals surface area contributed by atoms with E-state index in [4.69, 9.17) is 0 Å². The molecule has 2 unspecified atom stereocenters. The molecule has 0 aromatic heterocycles. The van der Waals surface area contributed by atoms with Crippen LogP contribution < -0.4 is 0 Å². The molecule has 1 aliphatic heterocycles. The van der Waals surface area contributed by atoms with Gasteiger partial charge in [-0.05, 0) is 44.8 Å². The Balaban J connectivity index is 2.36. The summed E-state index contributed by atoms with van der Waals surface area (Å²) in [6.07, 6.45) is 9.04. The standard InChI is InChI=1S/C30H45OP/c1-20(2)23-15-16-27(26-14-12-11-13-25(26)21(3)4)30(17-23,22(5)6)32-28(7,8)18-24(31)19-29(32,9)10/h11-17,20-22,27H,18-19H2,1-10H3. The highest BCUT2D eigenvalue weighted by atomic mass is 31.1. The number of carbonyl (C=O) groups excluding carboxylic acids is 1. The van der Waals surface area contributed by atoms with Crippen LogP contribution in [0.3, 0.4) is 0 Å². The van der Waals surface area contributed by atoms with Crippen LogP contribution in [0.2, 0.25) is 0 Å². The van der Waals surface area contributed by atoms with Crippen molar-refractivity contribution in [3.63, 3.8) is 0 Å². The molecule has 0 bridgehead atoms. The Kier molecular flexibility index (Phi) is 7.04. The lowest BCUT2D eigenvalue weighted by atomic mass is 9.71. The minimum Gasteiger partial charge on any atom is -0.300 e. The second kappa shape index (κ2) is 8.87. The normalized spacial score (nSPS) is 28.0. The van der Waals surface area contributed by atoms with Gasteiger partial charge in [0.15, 0.2) is 0 Å². The zero-order valence-corrected chi connectivity index (χ0v) is 23.0. The van der Waals surface area contributed by atoms with E-state index in [0.717, 1.165) is 0 Å². The van der Waals surface area contributed by atoms with E-state index >= 15 is 0 Å². The lowest BCUT2D eigenvalue weighted by Gasteiger charge is -2.62. The number of carbonyl (C=O) groups is 1. The summed E-state index contributed by atoms with van der Waals surface area (Å²) in [6, 6.07) is 9.11. The van der Waals surface area contributed by atoms with Crippen LogP contribution in [-0.2, 0) is 4.79 Å². The molecule has 0 saturated carbocycles. The molecule has 2 atom stereocenters. The second-order valence-corrected chi connectivity index (χ2v) is 16.2. The predicted molar refractivity (Wildman–Crippen MR) is 142 cm³/mol. The third-order valence-electron chi connectivity index (χ3n) is 7.78. The summed E-state index contributed by atoms with van der Waals surface area (Å²) < 4.78 is 0. The molecule has 1 heterocycles. The largest absolute Gasteiger partial charge is 0.300 e. The summed E-state index contributed by atoms with van der Waals surface area (Å²) >= 11 is 0. The first-order valence-corrected chi connectivity index (χ1v) is 13.9. The van der Waals surface area contributed by atoms with Crippen LogP contribution in [0.25, 0.3) is 0 Å². The van der Waals surface area contributed by atoms with Gasteiger partial charge < -0.3 is 0 Å². The molecular weight excluding hydrogens is 407 g/mol. The van der Waals surface area contributed by atoms with E-state index in [1.165, 1.54) is 16.7 Å². The van der Waals surface area contributed by atoms with Crippen molar-refractivity contribution in [3.8, 4) is 0 Å². The third-order valence-corrected chi connectivity index (χ3v) is 12.2. The van der Waals surface area contributed by atoms with Crippen molar-refractivity contribution < 1.29 is 4.79 Å². The average molecular weight is 453 g/mol. The fourth-order valence-corrected chi connectivity index (χ4v) is 12.5. The van der Waals surface area contributed by atoms with Crippen molar-refractivity contribution in [1.29, 1.82) is 0 Å². The molecule has 1 fully saturated rings. The minimum absolute atomic E-state index is 0.00717. The van der Waals surface area contributed by atoms with Crippen molar-refractivity contribution >= 4 is 13.7 Å². The molecule has 0 N–H and O–H groups in total. The monoisotopic (exact) mass is 452 g/mol. The van der Waals surface area contributed by atoms with Crippen LogP contribution in [0.15, 0.2) is 48.1 Å². The second-order valence-electron chi connectivity index (χ2n) is 12.3. The number of allylic oxidation sites excluding steroid dienone is 4. The van der Waals surface area contributed by atoms with Crippen LogP contribution in [0, 0.1) is 11.8 Å². The quantitative estimate of drug-likeness (QED) is 0.408. The third kappa shape index (κ3) is 4.32. The molecule has 0 radical (unpaired) electrons. The number of hydrogen-bond acceptors (Lipinski definition) is 1. The summed E-state index contributed by atoms with van der Waals surface area (Å²) in [5.74, 6) is 2.24. The van der Waals surface area contributed by atoms with Crippen LogP contribution in [0.1, 0.15) is 105 Å². The van der Waals surface area contributed by atoms with Gasteiger partial charge in [0.05, 0.1) is 0 Å². The average Bonchev–Trinajstić information content (AvgIpc) is 2.65. The van der Waals surface area contributed by atoms with Gasteiger partial charge in [0.2, 0.25) is 0 Å². The maximum Gasteiger partial charge on any atom is 0.134 e. The number of hydrogen-bond donors (Lipinski definition) is 0. The zero-order chi connectivity index (χ0) is 24.1. The lowest BCUT2D eigenvalue weighted by Crippen LogP contribution is -2.52. The van der Waals surface area contributed by atoms with Gasteiger partial charge in [-0.15, -0.1) is 0 Å². The van der Waals surface area contributed by atoms with Crippen LogP contribution in [0.5, 0.6) is 0 Å².